The van der Waals surface area contributed by atoms with E-state index in [2.05, 4.69) is 17.4 Å². The van der Waals surface area contributed by atoms with Gasteiger partial charge in [0.05, 0.1) is 19.3 Å². The maximum absolute atomic E-state index is 12.6. The molecule has 1 fully saturated rings. The number of fused-ring (bicyclic) bond motifs is 1. The number of aliphatic hydroxyl groups excluding tert-OH is 1. The van der Waals surface area contributed by atoms with E-state index in [1.807, 2.05) is 12.1 Å². The number of aliphatic hydroxyl groups is 1. The van der Waals surface area contributed by atoms with Crippen LogP contribution in [0.3, 0.4) is 0 Å². The van der Waals surface area contributed by atoms with E-state index in [0.717, 1.165) is 13.0 Å². The molecule has 0 saturated carbocycles. The third-order valence-corrected chi connectivity index (χ3v) is 6.00. The van der Waals surface area contributed by atoms with Crippen molar-refractivity contribution in [3.8, 4) is 0 Å². The molecule has 2 aliphatic heterocycles. The van der Waals surface area contributed by atoms with Crippen LogP contribution in [0.5, 0.6) is 0 Å². The van der Waals surface area contributed by atoms with E-state index in [9.17, 15) is 14.7 Å². The van der Waals surface area contributed by atoms with E-state index in [-0.39, 0.29) is 24.2 Å². The van der Waals surface area contributed by atoms with E-state index in [0.29, 0.717) is 43.9 Å². The highest BCUT2D eigenvalue weighted by Gasteiger charge is 2.25. The summed E-state index contributed by atoms with van der Waals surface area (Å²) in [5.41, 5.74) is 3.68. The highest BCUT2D eigenvalue weighted by molar-refractivity contribution is 5.98. The number of rotatable bonds is 6. The molecule has 0 aliphatic carbocycles. The highest BCUT2D eigenvalue weighted by Crippen LogP contribution is 2.20. The van der Waals surface area contributed by atoms with Gasteiger partial charge in [0.25, 0.3) is 5.91 Å². The molecule has 2 atom stereocenters. The second kappa shape index (κ2) is 9.51. The molecule has 2 aromatic carbocycles. The average molecular weight is 408 g/mol. The Balaban J connectivity index is 1.29. The summed E-state index contributed by atoms with van der Waals surface area (Å²) in [6.07, 6.45) is 0.874. The van der Waals surface area contributed by atoms with Crippen LogP contribution in [0.4, 0.5) is 0 Å². The summed E-state index contributed by atoms with van der Waals surface area (Å²) < 4.78 is 5.28. The summed E-state index contributed by atoms with van der Waals surface area (Å²) in [5, 5.41) is 14.0. The van der Waals surface area contributed by atoms with Crippen LogP contribution in [0.2, 0.25) is 0 Å². The molecule has 0 spiro atoms. The van der Waals surface area contributed by atoms with E-state index in [1.165, 1.54) is 11.1 Å². The molecule has 0 unspecified atom stereocenters. The molecule has 2 aliphatic rings. The maximum atomic E-state index is 12.6. The van der Waals surface area contributed by atoms with Gasteiger partial charge in [-0.15, -0.1) is 0 Å². The first-order chi connectivity index (χ1) is 14.6. The summed E-state index contributed by atoms with van der Waals surface area (Å²) in [6.45, 7) is 3.05. The number of benzene rings is 2. The Hall–Kier alpha value is -2.54. The lowest BCUT2D eigenvalue weighted by Crippen LogP contribution is -2.44. The Kier molecular flexibility index (Phi) is 6.57. The zero-order chi connectivity index (χ0) is 20.9. The van der Waals surface area contributed by atoms with Gasteiger partial charge in [0.2, 0.25) is 0 Å². The summed E-state index contributed by atoms with van der Waals surface area (Å²) in [4.78, 5) is 26.8. The summed E-state index contributed by atoms with van der Waals surface area (Å²) in [6, 6.07) is 15.0. The number of ketones is 1. The molecule has 2 N–H and O–H groups in total. The lowest BCUT2D eigenvalue weighted by atomic mass is 9.90. The minimum absolute atomic E-state index is 0.0179. The molecule has 1 saturated heterocycles. The minimum atomic E-state index is -0.579. The SMILES string of the molecule is O=C(CC[C@H](O)[C@@H]1Cc2ccccc2CN1)c1ccc(C(=O)N2CCOCC2)cc1. The lowest BCUT2D eigenvalue weighted by molar-refractivity contribution is 0.0303. The van der Waals surface area contributed by atoms with Gasteiger partial charge in [0.1, 0.15) is 0 Å². The molecular weight excluding hydrogens is 380 g/mol. The number of nitrogens with zero attached hydrogens (tertiary/aromatic N) is 1. The second-order valence-corrected chi connectivity index (χ2v) is 7.97. The number of morpholine rings is 1. The highest BCUT2D eigenvalue weighted by atomic mass is 16.5. The van der Waals surface area contributed by atoms with Crippen molar-refractivity contribution in [3.05, 3.63) is 70.8 Å². The minimum Gasteiger partial charge on any atom is -0.391 e. The first-order valence-corrected chi connectivity index (χ1v) is 10.6. The van der Waals surface area contributed by atoms with Crippen molar-refractivity contribution in [3.63, 3.8) is 0 Å². The molecule has 0 bridgehead atoms. The van der Waals surface area contributed by atoms with Crippen molar-refractivity contribution in [1.82, 2.24) is 10.2 Å². The number of Topliss-reactive ketones (excluding diaryl/α,β-unsaturated/α-hetero) is 1. The van der Waals surface area contributed by atoms with E-state index >= 15 is 0 Å². The number of hydrogen-bond donors (Lipinski definition) is 2. The largest absolute Gasteiger partial charge is 0.391 e. The fourth-order valence-corrected chi connectivity index (χ4v) is 4.12. The van der Waals surface area contributed by atoms with Crippen LogP contribution in [-0.2, 0) is 17.7 Å². The molecular formula is C24H28N2O4. The zero-order valence-electron chi connectivity index (χ0n) is 17.0. The van der Waals surface area contributed by atoms with Crippen LogP contribution in [0.25, 0.3) is 0 Å². The molecule has 6 nitrogen and oxygen atoms in total. The number of amides is 1. The van der Waals surface area contributed by atoms with E-state index in [4.69, 9.17) is 4.74 Å². The number of hydrogen-bond acceptors (Lipinski definition) is 5. The van der Waals surface area contributed by atoms with Gasteiger partial charge in [0, 0.05) is 43.2 Å². The van der Waals surface area contributed by atoms with Gasteiger partial charge in [-0.3, -0.25) is 9.59 Å². The Bertz CT molecular complexity index is 890. The van der Waals surface area contributed by atoms with Crippen molar-refractivity contribution in [2.75, 3.05) is 26.3 Å². The van der Waals surface area contributed by atoms with Crippen LogP contribution < -0.4 is 5.32 Å². The Morgan fingerprint density at radius 2 is 1.70 bits per heavy atom. The van der Waals surface area contributed by atoms with Gasteiger partial charge in [-0.25, -0.2) is 0 Å². The molecule has 2 aromatic rings. The Labute approximate surface area is 176 Å². The van der Waals surface area contributed by atoms with Crippen LogP contribution in [0.15, 0.2) is 48.5 Å². The summed E-state index contributed by atoms with van der Waals surface area (Å²) >= 11 is 0. The van der Waals surface area contributed by atoms with Crippen LogP contribution >= 0.6 is 0 Å². The fourth-order valence-electron chi connectivity index (χ4n) is 4.12. The van der Waals surface area contributed by atoms with Crippen LogP contribution in [-0.4, -0.2) is 60.1 Å². The van der Waals surface area contributed by atoms with Gasteiger partial charge in [-0.05, 0) is 36.1 Å². The second-order valence-electron chi connectivity index (χ2n) is 7.97. The molecule has 1 amide bonds. The van der Waals surface area contributed by atoms with Gasteiger partial charge in [0.15, 0.2) is 5.78 Å². The van der Waals surface area contributed by atoms with Crippen molar-refractivity contribution >= 4 is 11.7 Å². The molecule has 6 heteroatoms. The topological polar surface area (TPSA) is 78.9 Å². The molecule has 2 heterocycles. The fraction of sp³-hybridized carbons (Fsp3) is 0.417. The van der Waals surface area contributed by atoms with Gasteiger partial charge in [-0.2, -0.15) is 0 Å². The maximum Gasteiger partial charge on any atom is 0.254 e. The third-order valence-electron chi connectivity index (χ3n) is 6.00. The molecule has 30 heavy (non-hydrogen) atoms. The Morgan fingerprint density at radius 1 is 1.03 bits per heavy atom. The van der Waals surface area contributed by atoms with Crippen LogP contribution in [0.1, 0.15) is 44.7 Å². The predicted molar refractivity (Wildman–Crippen MR) is 114 cm³/mol. The molecule has 0 radical (unpaired) electrons. The van der Waals surface area contributed by atoms with Gasteiger partial charge >= 0.3 is 0 Å². The predicted octanol–water partition coefficient (Wildman–Crippen LogP) is 2.20. The van der Waals surface area contributed by atoms with Crippen molar-refractivity contribution in [1.29, 1.82) is 0 Å². The van der Waals surface area contributed by atoms with E-state index in [1.54, 1.807) is 29.2 Å². The average Bonchev–Trinajstić information content (AvgIpc) is 2.82. The lowest BCUT2D eigenvalue weighted by Gasteiger charge is -2.29. The van der Waals surface area contributed by atoms with Crippen molar-refractivity contribution in [2.24, 2.45) is 0 Å². The van der Waals surface area contributed by atoms with Crippen molar-refractivity contribution < 1.29 is 19.4 Å². The first-order valence-electron chi connectivity index (χ1n) is 10.6. The first kappa shape index (κ1) is 20.7. The molecule has 158 valence electrons. The normalized spacial score (nSPS) is 19.8. The zero-order valence-corrected chi connectivity index (χ0v) is 17.0. The quantitative estimate of drug-likeness (QED) is 0.717. The molecule has 4 rings (SSSR count). The standard InChI is InChI=1S/C24H28N2O4/c27-22(9-10-23(28)21-15-19-3-1-2-4-20(19)16-25-21)17-5-7-18(8-6-17)24(29)26-11-13-30-14-12-26/h1-8,21,23,25,28H,9-16H2/t21-,23-/m0/s1. The van der Waals surface area contributed by atoms with E-state index < -0.39 is 6.10 Å². The Morgan fingerprint density at radius 3 is 2.43 bits per heavy atom. The number of nitrogens with one attached hydrogen (secondary N) is 1. The van der Waals surface area contributed by atoms with Gasteiger partial charge < -0.3 is 20.1 Å². The third kappa shape index (κ3) is 4.78. The smallest absolute Gasteiger partial charge is 0.254 e. The van der Waals surface area contributed by atoms with Crippen LogP contribution in [0, 0.1) is 0 Å². The molecule has 0 aromatic heterocycles. The van der Waals surface area contributed by atoms with Crippen molar-refractivity contribution in [2.45, 2.75) is 38.0 Å². The number of carbonyl (C=O) groups excluding carboxylic acids is 2. The monoisotopic (exact) mass is 408 g/mol. The van der Waals surface area contributed by atoms with Gasteiger partial charge in [-0.1, -0.05) is 36.4 Å². The number of ether oxygens (including phenoxy) is 1. The summed E-state index contributed by atoms with van der Waals surface area (Å²) in [5.74, 6) is -0.0491. The number of carbonyl (C=O) groups is 2. The summed E-state index contributed by atoms with van der Waals surface area (Å²) in [7, 11) is 0.